The molecule has 2 N–H and O–H groups in total. The van der Waals surface area contributed by atoms with Crippen LogP contribution in [0.3, 0.4) is 0 Å². The van der Waals surface area contributed by atoms with E-state index in [9.17, 15) is 9.18 Å². The van der Waals surface area contributed by atoms with Gasteiger partial charge < -0.3 is 20.1 Å². The minimum absolute atomic E-state index is 0.188. The van der Waals surface area contributed by atoms with Crippen molar-refractivity contribution >= 4 is 17.8 Å². The average Bonchev–Trinajstić information content (AvgIpc) is 2.68. The fourth-order valence-corrected chi connectivity index (χ4v) is 4.11. The lowest BCUT2D eigenvalue weighted by Gasteiger charge is -2.26. The molecule has 1 atom stereocenters. The van der Waals surface area contributed by atoms with Gasteiger partial charge in [0, 0.05) is 17.2 Å². The number of methoxy groups -OCH3 is 1. The zero-order chi connectivity index (χ0) is 19.2. The van der Waals surface area contributed by atoms with Crippen molar-refractivity contribution in [2.45, 2.75) is 30.8 Å². The van der Waals surface area contributed by atoms with E-state index in [4.69, 9.17) is 9.47 Å². The zero-order valence-corrected chi connectivity index (χ0v) is 16.2. The fourth-order valence-electron chi connectivity index (χ4n) is 3.00. The highest BCUT2D eigenvalue weighted by Gasteiger charge is 2.22. The van der Waals surface area contributed by atoms with Crippen molar-refractivity contribution in [1.29, 1.82) is 0 Å². The monoisotopic (exact) mass is 390 g/mol. The number of urea groups is 1. The Morgan fingerprint density at radius 3 is 2.89 bits per heavy atom. The van der Waals surface area contributed by atoms with Crippen molar-refractivity contribution in [3.63, 3.8) is 0 Å². The summed E-state index contributed by atoms with van der Waals surface area (Å²) in [6.07, 6.45) is 0.769. The van der Waals surface area contributed by atoms with Crippen LogP contribution in [0.25, 0.3) is 0 Å². The Hall–Kier alpha value is -2.41. The predicted molar refractivity (Wildman–Crippen MR) is 104 cm³/mol. The Labute approximate surface area is 162 Å². The summed E-state index contributed by atoms with van der Waals surface area (Å²) in [7, 11) is 1.58. The van der Waals surface area contributed by atoms with Gasteiger partial charge in [-0.15, -0.1) is 11.8 Å². The molecule has 2 aromatic rings. The van der Waals surface area contributed by atoms with E-state index in [1.165, 1.54) is 12.1 Å². The molecule has 1 heterocycles. The van der Waals surface area contributed by atoms with Crippen molar-refractivity contribution in [3.8, 4) is 11.5 Å². The highest BCUT2D eigenvalue weighted by atomic mass is 32.2. The van der Waals surface area contributed by atoms with Gasteiger partial charge in [0.25, 0.3) is 0 Å². The second kappa shape index (κ2) is 8.99. The third-order valence-electron chi connectivity index (χ3n) is 4.30. The quantitative estimate of drug-likeness (QED) is 0.773. The molecule has 27 heavy (non-hydrogen) atoms. The minimum Gasteiger partial charge on any atom is -0.493 e. The van der Waals surface area contributed by atoms with Crippen molar-refractivity contribution in [1.82, 2.24) is 10.6 Å². The van der Waals surface area contributed by atoms with Crippen molar-refractivity contribution < 1.29 is 18.7 Å². The number of hydrogen-bond donors (Lipinski definition) is 2. The maximum atomic E-state index is 13.6. The van der Waals surface area contributed by atoms with E-state index in [0.29, 0.717) is 24.7 Å². The average molecular weight is 390 g/mol. The molecule has 3 rings (SSSR count). The van der Waals surface area contributed by atoms with Crippen molar-refractivity contribution in [3.05, 3.63) is 53.3 Å². The summed E-state index contributed by atoms with van der Waals surface area (Å²) in [5.74, 6) is 1.90. The fraction of sp³-hybridized carbons (Fsp3) is 0.350. The van der Waals surface area contributed by atoms with E-state index in [-0.39, 0.29) is 17.9 Å². The van der Waals surface area contributed by atoms with Crippen molar-refractivity contribution in [2.75, 3.05) is 19.5 Å². The van der Waals surface area contributed by atoms with Crippen LogP contribution in [0.2, 0.25) is 0 Å². The molecule has 2 aromatic carbocycles. The third-order valence-corrected chi connectivity index (χ3v) is 5.42. The number of benzene rings is 2. The van der Waals surface area contributed by atoms with Gasteiger partial charge in [0.2, 0.25) is 0 Å². The van der Waals surface area contributed by atoms with E-state index in [2.05, 4.69) is 10.6 Å². The molecule has 144 valence electrons. The number of fused-ring (bicyclic) bond motifs is 1. The van der Waals surface area contributed by atoms with Crippen LogP contribution in [0.15, 0.2) is 41.3 Å². The Kier molecular flexibility index (Phi) is 6.45. The molecule has 7 heteroatoms. The molecule has 0 saturated heterocycles. The molecule has 0 fully saturated rings. The number of halogens is 1. The molecule has 1 aliphatic rings. The first-order valence-corrected chi connectivity index (χ1v) is 9.85. The number of carbonyl (C=O) groups is 1. The molecule has 5 nitrogen and oxygen atoms in total. The van der Waals surface area contributed by atoms with Gasteiger partial charge in [0.1, 0.15) is 5.82 Å². The molecular formula is C20H23FN2O3S. The van der Waals surface area contributed by atoms with Gasteiger partial charge in [-0.3, -0.25) is 0 Å². The molecule has 0 radical (unpaired) electrons. The van der Waals surface area contributed by atoms with Crippen LogP contribution in [-0.2, 0) is 6.54 Å². The lowest BCUT2D eigenvalue weighted by molar-refractivity contribution is 0.236. The summed E-state index contributed by atoms with van der Waals surface area (Å²) >= 11 is 1.68. The van der Waals surface area contributed by atoms with Gasteiger partial charge in [0.15, 0.2) is 11.5 Å². The zero-order valence-electron chi connectivity index (χ0n) is 15.4. The predicted octanol–water partition coefficient (Wildman–Crippen LogP) is 4.27. The molecule has 0 bridgehead atoms. The normalized spacial score (nSPS) is 15.6. The second-order valence-electron chi connectivity index (χ2n) is 6.12. The first kappa shape index (κ1) is 19.4. The molecule has 0 aromatic heterocycles. The minimum atomic E-state index is -0.287. The number of amides is 2. The summed E-state index contributed by atoms with van der Waals surface area (Å²) in [4.78, 5) is 13.3. The molecule has 1 aliphatic heterocycles. The van der Waals surface area contributed by atoms with Crippen LogP contribution in [0.4, 0.5) is 9.18 Å². The Bertz CT molecular complexity index is 816. The number of nitrogens with one attached hydrogen (secondary N) is 2. The number of rotatable bonds is 6. The molecule has 0 spiro atoms. The summed E-state index contributed by atoms with van der Waals surface area (Å²) in [5.41, 5.74) is 1.74. The number of carbonyl (C=O) groups excluding carboxylic acids is 1. The first-order chi connectivity index (χ1) is 13.1. The second-order valence-corrected chi connectivity index (χ2v) is 7.25. The molecular weight excluding hydrogens is 367 g/mol. The number of hydrogen-bond acceptors (Lipinski definition) is 4. The molecule has 2 amide bonds. The first-order valence-electron chi connectivity index (χ1n) is 8.87. The standard InChI is InChI=1S/C20H23FN2O3S/c1-3-26-17-6-4-13(10-18(17)25-2)12-22-20(24)23-16-8-9-27-19-7-5-14(21)11-15(16)19/h4-7,10-11,16H,3,8-9,12H2,1-2H3,(H2,22,23,24). The Morgan fingerprint density at radius 1 is 1.26 bits per heavy atom. The van der Waals surface area contributed by atoms with E-state index in [1.54, 1.807) is 24.9 Å². The molecule has 0 saturated carbocycles. The van der Waals surface area contributed by atoms with E-state index in [1.807, 2.05) is 25.1 Å². The van der Waals surface area contributed by atoms with Gasteiger partial charge in [-0.2, -0.15) is 0 Å². The maximum absolute atomic E-state index is 13.6. The third kappa shape index (κ3) is 4.86. The van der Waals surface area contributed by atoms with Gasteiger partial charge in [-0.1, -0.05) is 6.07 Å². The SMILES string of the molecule is CCOc1ccc(CNC(=O)NC2CCSc3ccc(F)cc32)cc1OC. The summed E-state index contributed by atoms with van der Waals surface area (Å²) in [6.45, 7) is 2.82. The van der Waals surface area contributed by atoms with Gasteiger partial charge in [0.05, 0.1) is 19.8 Å². The smallest absolute Gasteiger partial charge is 0.315 e. The summed E-state index contributed by atoms with van der Waals surface area (Å²) < 4.78 is 24.4. The van der Waals surface area contributed by atoms with Crippen LogP contribution >= 0.6 is 11.8 Å². The highest BCUT2D eigenvalue weighted by molar-refractivity contribution is 7.99. The van der Waals surface area contributed by atoms with E-state index < -0.39 is 0 Å². The van der Waals surface area contributed by atoms with Crippen LogP contribution < -0.4 is 20.1 Å². The largest absolute Gasteiger partial charge is 0.493 e. The van der Waals surface area contributed by atoms with Crippen molar-refractivity contribution in [2.24, 2.45) is 0 Å². The summed E-state index contributed by atoms with van der Waals surface area (Å²) in [6, 6.07) is 9.81. The van der Waals surface area contributed by atoms with Crippen LogP contribution in [0.1, 0.15) is 30.5 Å². The van der Waals surface area contributed by atoms with E-state index in [0.717, 1.165) is 28.2 Å². The van der Waals surface area contributed by atoms with Crippen LogP contribution in [-0.4, -0.2) is 25.5 Å². The summed E-state index contributed by atoms with van der Waals surface area (Å²) in [5, 5.41) is 5.79. The molecule has 0 aliphatic carbocycles. The van der Waals surface area contributed by atoms with Gasteiger partial charge in [-0.05, 0) is 54.8 Å². The lowest BCUT2D eigenvalue weighted by Crippen LogP contribution is -2.38. The Morgan fingerprint density at radius 2 is 2.11 bits per heavy atom. The lowest BCUT2D eigenvalue weighted by atomic mass is 10.0. The van der Waals surface area contributed by atoms with Crippen LogP contribution in [0, 0.1) is 5.82 Å². The van der Waals surface area contributed by atoms with Gasteiger partial charge >= 0.3 is 6.03 Å². The number of ether oxygens (including phenoxy) is 2. The number of thioether (sulfide) groups is 1. The molecule has 1 unspecified atom stereocenters. The highest BCUT2D eigenvalue weighted by Crippen LogP contribution is 2.36. The topological polar surface area (TPSA) is 59.6 Å². The Balaban J connectivity index is 1.60. The van der Waals surface area contributed by atoms with Crippen LogP contribution in [0.5, 0.6) is 11.5 Å². The van der Waals surface area contributed by atoms with E-state index >= 15 is 0 Å². The van der Waals surface area contributed by atoms with Gasteiger partial charge in [-0.25, -0.2) is 9.18 Å². The maximum Gasteiger partial charge on any atom is 0.315 e.